The van der Waals surface area contributed by atoms with E-state index in [0.717, 1.165) is 0 Å². The number of carbonyl (C=O) groups excluding carboxylic acids is 1. The monoisotopic (exact) mass is 215 g/mol. The lowest BCUT2D eigenvalue weighted by Gasteiger charge is -2.38. The van der Waals surface area contributed by atoms with Crippen molar-refractivity contribution in [3.05, 3.63) is 0 Å². The summed E-state index contributed by atoms with van der Waals surface area (Å²) >= 11 is 0. The van der Waals surface area contributed by atoms with Crippen LogP contribution in [0.3, 0.4) is 0 Å². The molecule has 0 spiro atoms. The van der Waals surface area contributed by atoms with E-state index in [1.54, 1.807) is 0 Å². The zero-order valence-electron chi connectivity index (χ0n) is 10.8. The Bertz CT molecular complexity index is 214. The summed E-state index contributed by atoms with van der Waals surface area (Å²) in [6.45, 7) is 10.4. The van der Waals surface area contributed by atoms with E-state index in [1.807, 2.05) is 46.6 Å². The van der Waals surface area contributed by atoms with Crippen molar-refractivity contribution < 1.29 is 4.79 Å². The van der Waals surface area contributed by atoms with Crippen LogP contribution in [0.4, 0.5) is 0 Å². The highest BCUT2D eigenvalue weighted by molar-refractivity contribution is 5.81. The zero-order chi connectivity index (χ0) is 12.2. The highest BCUT2D eigenvalue weighted by Crippen LogP contribution is 2.13. The van der Waals surface area contributed by atoms with E-state index >= 15 is 0 Å². The third-order valence-corrected chi connectivity index (χ3v) is 2.85. The molecular formula is C11H25N3O. The standard InChI is InChI=1S/C11H25N3O/c1-8(2)13-10(15)9(3)14(6)11(4,5)7-12/h8-9H,7,12H2,1-6H3,(H,13,15). The zero-order valence-corrected chi connectivity index (χ0v) is 10.8. The first-order valence-electron chi connectivity index (χ1n) is 5.45. The van der Waals surface area contributed by atoms with E-state index in [4.69, 9.17) is 5.73 Å². The van der Waals surface area contributed by atoms with E-state index in [0.29, 0.717) is 6.54 Å². The molecule has 1 amide bonds. The van der Waals surface area contributed by atoms with Crippen LogP contribution in [0.25, 0.3) is 0 Å². The number of nitrogens with zero attached hydrogens (tertiary/aromatic N) is 1. The molecule has 4 heteroatoms. The molecule has 0 aromatic carbocycles. The predicted octanol–water partition coefficient (Wildman–Crippen LogP) is 0.569. The van der Waals surface area contributed by atoms with Crippen LogP contribution >= 0.6 is 0 Å². The van der Waals surface area contributed by atoms with Gasteiger partial charge < -0.3 is 11.1 Å². The molecule has 0 aliphatic carbocycles. The van der Waals surface area contributed by atoms with Crippen LogP contribution in [0.2, 0.25) is 0 Å². The van der Waals surface area contributed by atoms with Crippen LogP contribution in [0.1, 0.15) is 34.6 Å². The fourth-order valence-corrected chi connectivity index (χ4v) is 1.25. The second-order valence-electron chi connectivity index (χ2n) is 4.97. The number of hydrogen-bond acceptors (Lipinski definition) is 3. The van der Waals surface area contributed by atoms with Crippen molar-refractivity contribution in [3.8, 4) is 0 Å². The van der Waals surface area contributed by atoms with Gasteiger partial charge in [0.15, 0.2) is 0 Å². The molecular weight excluding hydrogens is 190 g/mol. The number of amides is 1. The molecule has 4 nitrogen and oxygen atoms in total. The summed E-state index contributed by atoms with van der Waals surface area (Å²) in [7, 11) is 1.93. The summed E-state index contributed by atoms with van der Waals surface area (Å²) in [5.74, 6) is 0.0500. The van der Waals surface area contributed by atoms with Crippen molar-refractivity contribution in [3.63, 3.8) is 0 Å². The van der Waals surface area contributed by atoms with Crippen LogP contribution in [0, 0.1) is 0 Å². The van der Waals surface area contributed by atoms with Gasteiger partial charge in [0, 0.05) is 18.1 Å². The van der Waals surface area contributed by atoms with E-state index in [-0.39, 0.29) is 23.5 Å². The average molecular weight is 215 g/mol. The average Bonchev–Trinajstić information content (AvgIpc) is 2.14. The van der Waals surface area contributed by atoms with Crippen molar-refractivity contribution in [1.82, 2.24) is 10.2 Å². The van der Waals surface area contributed by atoms with Gasteiger partial charge in [-0.05, 0) is 41.7 Å². The van der Waals surface area contributed by atoms with Gasteiger partial charge >= 0.3 is 0 Å². The van der Waals surface area contributed by atoms with Gasteiger partial charge in [-0.1, -0.05) is 0 Å². The molecule has 90 valence electrons. The molecule has 0 aromatic heterocycles. The Balaban J connectivity index is 4.44. The highest BCUT2D eigenvalue weighted by Gasteiger charge is 2.29. The fourth-order valence-electron chi connectivity index (χ4n) is 1.25. The molecule has 0 aromatic rings. The SMILES string of the molecule is CC(C)NC(=O)C(C)N(C)C(C)(C)CN. The van der Waals surface area contributed by atoms with Crippen molar-refractivity contribution >= 4 is 5.91 Å². The summed E-state index contributed by atoms with van der Waals surface area (Å²) in [5, 5.41) is 2.90. The lowest BCUT2D eigenvalue weighted by atomic mass is 10.0. The smallest absolute Gasteiger partial charge is 0.237 e. The Morgan fingerprint density at radius 2 is 1.87 bits per heavy atom. The van der Waals surface area contributed by atoms with Gasteiger partial charge in [-0.2, -0.15) is 0 Å². The van der Waals surface area contributed by atoms with Crippen molar-refractivity contribution in [2.45, 2.75) is 52.2 Å². The predicted molar refractivity (Wildman–Crippen MR) is 63.6 cm³/mol. The molecule has 0 fully saturated rings. The van der Waals surface area contributed by atoms with Crippen molar-refractivity contribution in [1.29, 1.82) is 0 Å². The van der Waals surface area contributed by atoms with Gasteiger partial charge in [-0.25, -0.2) is 0 Å². The van der Waals surface area contributed by atoms with Crippen LogP contribution in [0.5, 0.6) is 0 Å². The Labute approximate surface area is 93.2 Å². The lowest BCUT2D eigenvalue weighted by molar-refractivity contribution is -0.127. The minimum Gasteiger partial charge on any atom is -0.353 e. The van der Waals surface area contributed by atoms with Crippen molar-refractivity contribution in [2.24, 2.45) is 5.73 Å². The summed E-state index contributed by atoms with van der Waals surface area (Å²) in [6, 6.07) is 0.0142. The molecule has 0 saturated heterocycles. The molecule has 15 heavy (non-hydrogen) atoms. The Kier molecular flexibility index (Phi) is 5.24. The Morgan fingerprint density at radius 1 is 1.40 bits per heavy atom. The molecule has 0 aliphatic rings. The van der Waals surface area contributed by atoms with Gasteiger partial charge in [0.2, 0.25) is 5.91 Å². The number of carbonyl (C=O) groups is 1. The van der Waals surface area contributed by atoms with E-state index in [1.165, 1.54) is 0 Å². The van der Waals surface area contributed by atoms with E-state index < -0.39 is 0 Å². The molecule has 0 radical (unpaired) electrons. The Hall–Kier alpha value is -0.610. The minimum atomic E-state index is -0.161. The molecule has 1 atom stereocenters. The molecule has 0 rings (SSSR count). The summed E-state index contributed by atoms with van der Waals surface area (Å²) < 4.78 is 0. The molecule has 0 bridgehead atoms. The molecule has 0 heterocycles. The third-order valence-electron chi connectivity index (χ3n) is 2.85. The van der Waals surface area contributed by atoms with E-state index in [9.17, 15) is 4.79 Å². The topological polar surface area (TPSA) is 58.4 Å². The quantitative estimate of drug-likeness (QED) is 0.705. The van der Waals surface area contributed by atoms with Crippen LogP contribution in [-0.2, 0) is 4.79 Å². The fraction of sp³-hybridized carbons (Fsp3) is 0.909. The molecule has 0 aliphatic heterocycles. The number of nitrogens with one attached hydrogen (secondary N) is 1. The second-order valence-corrected chi connectivity index (χ2v) is 4.97. The molecule has 1 unspecified atom stereocenters. The Morgan fingerprint density at radius 3 is 2.20 bits per heavy atom. The van der Waals surface area contributed by atoms with Gasteiger partial charge in [0.25, 0.3) is 0 Å². The lowest BCUT2D eigenvalue weighted by Crippen LogP contribution is -2.56. The summed E-state index contributed by atoms with van der Waals surface area (Å²) in [4.78, 5) is 13.8. The third kappa shape index (κ3) is 4.18. The van der Waals surface area contributed by atoms with Crippen LogP contribution in [0.15, 0.2) is 0 Å². The first kappa shape index (κ1) is 14.4. The molecule has 3 N–H and O–H groups in total. The first-order valence-corrected chi connectivity index (χ1v) is 5.45. The molecule has 0 saturated carbocycles. The summed E-state index contributed by atoms with van der Waals surface area (Å²) in [5.41, 5.74) is 5.51. The maximum atomic E-state index is 11.8. The normalized spacial score (nSPS) is 14.5. The first-order chi connectivity index (χ1) is 6.72. The van der Waals surface area contributed by atoms with E-state index in [2.05, 4.69) is 5.32 Å². The summed E-state index contributed by atoms with van der Waals surface area (Å²) in [6.07, 6.45) is 0. The maximum absolute atomic E-state index is 11.8. The largest absolute Gasteiger partial charge is 0.353 e. The number of nitrogens with two attached hydrogens (primary N) is 1. The highest BCUT2D eigenvalue weighted by atomic mass is 16.2. The minimum absolute atomic E-state index is 0.0500. The maximum Gasteiger partial charge on any atom is 0.237 e. The second kappa shape index (κ2) is 5.47. The number of rotatable bonds is 5. The number of likely N-dealkylation sites (N-methyl/N-ethyl adjacent to an activating group) is 1. The van der Waals surface area contributed by atoms with Crippen LogP contribution in [-0.4, -0.2) is 42.0 Å². The van der Waals surface area contributed by atoms with Gasteiger partial charge in [-0.15, -0.1) is 0 Å². The van der Waals surface area contributed by atoms with Crippen LogP contribution < -0.4 is 11.1 Å². The van der Waals surface area contributed by atoms with Crippen molar-refractivity contribution in [2.75, 3.05) is 13.6 Å². The van der Waals surface area contributed by atoms with Gasteiger partial charge in [-0.3, -0.25) is 9.69 Å². The number of hydrogen-bond donors (Lipinski definition) is 2. The van der Waals surface area contributed by atoms with Gasteiger partial charge in [0.05, 0.1) is 6.04 Å². The van der Waals surface area contributed by atoms with Gasteiger partial charge in [0.1, 0.15) is 0 Å².